The van der Waals surface area contributed by atoms with Crippen molar-refractivity contribution < 1.29 is 4.79 Å². The van der Waals surface area contributed by atoms with Gasteiger partial charge in [-0.05, 0) is 12.8 Å². The Morgan fingerprint density at radius 2 is 2.31 bits per heavy atom. The first-order valence-electron chi connectivity index (χ1n) is 4.66. The van der Waals surface area contributed by atoms with Gasteiger partial charge in [-0.3, -0.25) is 9.79 Å². The van der Waals surface area contributed by atoms with E-state index in [4.69, 9.17) is 0 Å². The summed E-state index contributed by atoms with van der Waals surface area (Å²) in [5.74, 6) is 1.21. The summed E-state index contributed by atoms with van der Waals surface area (Å²) in [5, 5.41) is 6.19. The van der Waals surface area contributed by atoms with Crippen molar-refractivity contribution in [3.05, 3.63) is 0 Å². The summed E-state index contributed by atoms with van der Waals surface area (Å²) in [5.41, 5.74) is 0. The zero-order valence-electron chi connectivity index (χ0n) is 8.42. The molecule has 1 aliphatic rings. The highest BCUT2D eigenvalue weighted by Crippen LogP contribution is 2.02. The predicted octanol–water partition coefficient (Wildman–Crippen LogP) is 0.149. The Kier molecular flexibility index (Phi) is 3.28. The van der Waals surface area contributed by atoms with E-state index in [0.29, 0.717) is 5.92 Å². The van der Waals surface area contributed by atoms with Gasteiger partial charge < -0.3 is 10.6 Å². The molecule has 4 nitrogen and oxygen atoms in total. The first-order valence-corrected chi connectivity index (χ1v) is 4.66. The molecule has 0 aliphatic carbocycles. The molecule has 13 heavy (non-hydrogen) atoms. The number of guanidine groups is 1. The largest absolute Gasteiger partial charge is 0.355 e. The van der Waals surface area contributed by atoms with E-state index in [1.54, 1.807) is 6.92 Å². The Balaban J connectivity index is 2.51. The van der Waals surface area contributed by atoms with Crippen LogP contribution in [0, 0.1) is 5.92 Å². The molecule has 1 rings (SSSR count). The number of carbonyl (C=O) groups excluding carboxylic acids is 1. The van der Waals surface area contributed by atoms with Gasteiger partial charge in [0.25, 0.3) is 0 Å². The van der Waals surface area contributed by atoms with E-state index in [2.05, 4.69) is 15.6 Å². The SMILES string of the molecule is CC(=O)C(NC1=NCCN1)C(C)C. The minimum atomic E-state index is -0.121. The lowest BCUT2D eigenvalue weighted by Crippen LogP contribution is -2.47. The van der Waals surface area contributed by atoms with Gasteiger partial charge in [-0.2, -0.15) is 0 Å². The Bertz CT molecular complexity index is 223. The third kappa shape index (κ3) is 2.72. The summed E-state index contributed by atoms with van der Waals surface area (Å²) in [4.78, 5) is 15.4. The number of ketones is 1. The number of nitrogens with one attached hydrogen (secondary N) is 2. The van der Waals surface area contributed by atoms with Crippen molar-refractivity contribution in [1.82, 2.24) is 10.6 Å². The van der Waals surface area contributed by atoms with Gasteiger partial charge in [0, 0.05) is 6.54 Å². The molecule has 1 aliphatic heterocycles. The van der Waals surface area contributed by atoms with Crippen LogP contribution in [0.3, 0.4) is 0 Å². The van der Waals surface area contributed by atoms with Crippen LogP contribution < -0.4 is 10.6 Å². The lowest BCUT2D eigenvalue weighted by atomic mass is 10.0. The third-order valence-corrected chi connectivity index (χ3v) is 2.07. The fourth-order valence-electron chi connectivity index (χ4n) is 1.38. The highest BCUT2D eigenvalue weighted by molar-refractivity contribution is 5.89. The number of carbonyl (C=O) groups is 1. The second-order valence-electron chi connectivity index (χ2n) is 3.63. The van der Waals surface area contributed by atoms with Crippen molar-refractivity contribution in [2.24, 2.45) is 10.9 Å². The molecule has 0 radical (unpaired) electrons. The monoisotopic (exact) mass is 183 g/mol. The van der Waals surface area contributed by atoms with E-state index in [9.17, 15) is 4.79 Å². The van der Waals surface area contributed by atoms with Gasteiger partial charge in [-0.15, -0.1) is 0 Å². The smallest absolute Gasteiger partial charge is 0.191 e. The molecule has 0 saturated carbocycles. The van der Waals surface area contributed by atoms with Gasteiger partial charge >= 0.3 is 0 Å². The van der Waals surface area contributed by atoms with Gasteiger partial charge in [0.15, 0.2) is 11.7 Å². The highest BCUT2D eigenvalue weighted by atomic mass is 16.1. The summed E-state index contributed by atoms with van der Waals surface area (Å²) >= 11 is 0. The van der Waals surface area contributed by atoms with Crippen LogP contribution in [0.1, 0.15) is 20.8 Å². The van der Waals surface area contributed by atoms with Crippen LogP contribution in [0.4, 0.5) is 0 Å². The molecular weight excluding hydrogens is 166 g/mol. The van der Waals surface area contributed by atoms with Gasteiger partial charge in [-0.1, -0.05) is 13.8 Å². The number of hydrogen-bond acceptors (Lipinski definition) is 4. The molecule has 0 aromatic carbocycles. The maximum atomic E-state index is 11.2. The van der Waals surface area contributed by atoms with E-state index in [1.165, 1.54) is 0 Å². The summed E-state index contributed by atoms with van der Waals surface area (Å²) in [6.45, 7) is 7.31. The molecule has 1 atom stereocenters. The normalized spacial score (nSPS) is 18.0. The predicted molar refractivity (Wildman–Crippen MR) is 52.7 cm³/mol. The minimum absolute atomic E-state index is 0.121. The zero-order chi connectivity index (χ0) is 9.84. The van der Waals surface area contributed by atoms with E-state index in [1.807, 2.05) is 13.8 Å². The standard InChI is InChI=1S/C9H17N3O/c1-6(2)8(7(3)13)12-9-10-4-5-11-9/h6,8H,4-5H2,1-3H3,(H2,10,11,12). The highest BCUT2D eigenvalue weighted by Gasteiger charge is 2.20. The lowest BCUT2D eigenvalue weighted by Gasteiger charge is -2.20. The summed E-state index contributed by atoms with van der Waals surface area (Å²) in [6.07, 6.45) is 0. The summed E-state index contributed by atoms with van der Waals surface area (Å²) in [6, 6.07) is -0.121. The fourth-order valence-corrected chi connectivity index (χ4v) is 1.38. The maximum Gasteiger partial charge on any atom is 0.191 e. The van der Waals surface area contributed by atoms with Gasteiger partial charge in [0.2, 0.25) is 0 Å². The number of hydrogen-bond donors (Lipinski definition) is 2. The van der Waals surface area contributed by atoms with Crippen molar-refractivity contribution in [1.29, 1.82) is 0 Å². The first-order chi connectivity index (χ1) is 6.11. The Morgan fingerprint density at radius 1 is 1.62 bits per heavy atom. The molecule has 0 amide bonds. The Hall–Kier alpha value is -1.06. The molecule has 0 saturated heterocycles. The lowest BCUT2D eigenvalue weighted by molar-refractivity contribution is -0.119. The molecule has 0 aromatic rings. The third-order valence-electron chi connectivity index (χ3n) is 2.07. The Labute approximate surface area is 78.8 Å². The maximum absolute atomic E-state index is 11.2. The van der Waals surface area contributed by atoms with Gasteiger partial charge in [0.05, 0.1) is 12.6 Å². The molecule has 0 bridgehead atoms. The van der Waals surface area contributed by atoms with Crippen molar-refractivity contribution >= 4 is 11.7 Å². The number of aliphatic imine (C=N–C) groups is 1. The van der Waals surface area contributed by atoms with Crippen LogP contribution in [-0.2, 0) is 4.79 Å². The molecule has 1 unspecified atom stereocenters. The van der Waals surface area contributed by atoms with Crippen LogP contribution in [0.15, 0.2) is 4.99 Å². The van der Waals surface area contributed by atoms with Gasteiger partial charge in [0.1, 0.15) is 0 Å². The van der Waals surface area contributed by atoms with E-state index >= 15 is 0 Å². The quantitative estimate of drug-likeness (QED) is 0.655. The van der Waals surface area contributed by atoms with E-state index < -0.39 is 0 Å². The zero-order valence-corrected chi connectivity index (χ0v) is 8.42. The molecular formula is C9H17N3O. The van der Waals surface area contributed by atoms with E-state index in [-0.39, 0.29) is 11.8 Å². The average Bonchev–Trinajstić information content (AvgIpc) is 2.50. The second-order valence-corrected chi connectivity index (χ2v) is 3.63. The molecule has 0 spiro atoms. The number of nitrogens with zero attached hydrogens (tertiary/aromatic N) is 1. The minimum Gasteiger partial charge on any atom is -0.355 e. The topological polar surface area (TPSA) is 53.5 Å². The second kappa shape index (κ2) is 4.25. The first kappa shape index (κ1) is 10.0. The van der Waals surface area contributed by atoms with Crippen LogP contribution in [0.25, 0.3) is 0 Å². The number of rotatable bonds is 3. The summed E-state index contributed by atoms with van der Waals surface area (Å²) in [7, 11) is 0. The van der Waals surface area contributed by atoms with Crippen LogP contribution in [-0.4, -0.2) is 30.9 Å². The Morgan fingerprint density at radius 3 is 2.69 bits per heavy atom. The van der Waals surface area contributed by atoms with Gasteiger partial charge in [-0.25, -0.2) is 0 Å². The van der Waals surface area contributed by atoms with Crippen molar-refractivity contribution in [3.8, 4) is 0 Å². The fraction of sp³-hybridized carbons (Fsp3) is 0.778. The van der Waals surface area contributed by atoms with Crippen molar-refractivity contribution in [3.63, 3.8) is 0 Å². The molecule has 74 valence electrons. The van der Waals surface area contributed by atoms with E-state index in [0.717, 1.165) is 19.0 Å². The molecule has 0 aromatic heterocycles. The molecule has 4 heteroatoms. The average molecular weight is 183 g/mol. The molecule has 1 heterocycles. The van der Waals surface area contributed by atoms with Crippen molar-refractivity contribution in [2.75, 3.05) is 13.1 Å². The van der Waals surface area contributed by atoms with Crippen LogP contribution >= 0.6 is 0 Å². The molecule has 2 N–H and O–H groups in total. The number of Topliss-reactive ketones (excluding diaryl/α,β-unsaturated/α-hetero) is 1. The van der Waals surface area contributed by atoms with Crippen molar-refractivity contribution in [2.45, 2.75) is 26.8 Å². The summed E-state index contributed by atoms with van der Waals surface area (Å²) < 4.78 is 0. The van der Waals surface area contributed by atoms with Crippen LogP contribution in [0.2, 0.25) is 0 Å². The van der Waals surface area contributed by atoms with Crippen LogP contribution in [0.5, 0.6) is 0 Å². The molecule has 0 fully saturated rings.